The Balaban J connectivity index is 1.16. The fraction of sp³-hybridized carbons (Fsp3) is 0.364. The number of hydrogen-bond donors (Lipinski definition) is 0. The summed E-state index contributed by atoms with van der Waals surface area (Å²) in [5.74, 6) is 2.15. The van der Waals surface area contributed by atoms with E-state index in [0.29, 0.717) is 23.5 Å². The molecule has 1 saturated carbocycles. The van der Waals surface area contributed by atoms with Crippen molar-refractivity contribution in [1.82, 2.24) is 4.98 Å². The molecule has 0 N–H and O–H groups in total. The lowest BCUT2D eigenvalue weighted by molar-refractivity contribution is -0.719. The molecule has 304 valence electrons. The van der Waals surface area contributed by atoms with Crippen LogP contribution in [0.1, 0.15) is 106 Å². The third kappa shape index (κ3) is 6.97. The average Bonchev–Trinajstić information content (AvgIpc) is 3.61. The van der Waals surface area contributed by atoms with E-state index in [1.807, 2.05) is 0 Å². The van der Waals surface area contributed by atoms with Crippen LogP contribution in [0.3, 0.4) is 0 Å². The Hall–Kier alpha value is -5.13. The molecule has 2 aliphatic heterocycles. The van der Waals surface area contributed by atoms with Crippen LogP contribution in [0.15, 0.2) is 120 Å². The van der Waals surface area contributed by atoms with E-state index < -0.39 is 8.07 Å². The van der Waals surface area contributed by atoms with Crippen LogP contribution in [0.2, 0.25) is 19.6 Å². The van der Waals surface area contributed by atoms with Gasteiger partial charge in [0.2, 0.25) is 17.1 Å². The lowest BCUT2D eigenvalue weighted by Gasteiger charge is -2.33. The minimum Gasteiger partial charge on any atom is -0.438 e. The number of benzene rings is 3. The van der Waals surface area contributed by atoms with Crippen LogP contribution in [-0.4, -0.2) is 13.1 Å². The number of pyridine rings is 3. The van der Waals surface area contributed by atoms with Crippen LogP contribution >= 0.6 is 0 Å². The van der Waals surface area contributed by atoms with Gasteiger partial charge < -0.3 is 4.42 Å². The summed E-state index contributed by atoms with van der Waals surface area (Å²) < 4.78 is 11.9. The number of aromatic nitrogens is 3. The molecule has 5 heteroatoms. The molecule has 60 heavy (non-hydrogen) atoms. The zero-order valence-corrected chi connectivity index (χ0v) is 37.6. The van der Waals surface area contributed by atoms with E-state index in [9.17, 15) is 0 Å². The largest absolute Gasteiger partial charge is 0.438 e. The van der Waals surface area contributed by atoms with Crippen molar-refractivity contribution in [1.29, 1.82) is 0 Å². The van der Waals surface area contributed by atoms with Gasteiger partial charge in [-0.3, -0.25) is 0 Å². The minimum absolute atomic E-state index is 0.243. The van der Waals surface area contributed by atoms with Crippen LogP contribution in [-0.2, 0) is 12.8 Å². The first-order valence-electron chi connectivity index (χ1n) is 22.9. The molecular formula is C55H61N3OSi+2. The molecule has 0 radical (unpaired) electrons. The maximum Gasteiger partial charge on any atom is 0.227 e. The number of fused-ring (bicyclic) bond motifs is 12. The summed E-state index contributed by atoms with van der Waals surface area (Å²) in [6.45, 7) is 19.7. The lowest BCUT2D eigenvalue weighted by atomic mass is 9.76. The molecule has 1 fully saturated rings. The first-order valence-corrected chi connectivity index (χ1v) is 26.4. The van der Waals surface area contributed by atoms with Crippen molar-refractivity contribution in [2.45, 2.75) is 116 Å². The summed E-state index contributed by atoms with van der Waals surface area (Å²) in [6, 6.07) is 36.6. The van der Waals surface area contributed by atoms with Gasteiger partial charge in [0.15, 0.2) is 24.1 Å². The van der Waals surface area contributed by atoms with Gasteiger partial charge in [0, 0.05) is 51.2 Å². The Morgan fingerprint density at radius 3 is 2.37 bits per heavy atom. The highest BCUT2D eigenvalue weighted by atomic mass is 28.3. The molecule has 6 heterocycles. The SMILES string of the molecule is C=C1CC2C(CCc3cc4c(cc3-c3cc(C(C)C5CCCCC5)cc[n+]31)oc1nc(-c3ccccc3)ccc14)c1ccccc1-c1cc(CC(C)C)c([Si](C)(C)C)c[n+]12. The van der Waals surface area contributed by atoms with Crippen molar-refractivity contribution < 1.29 is 13.6 Å². The maximum atomic E-state index is 6.72. The monoisotopic (exact) mass is 807 g/mol. The molecular weight excluding hydrogens is 747 g/mol. The Bertz CT molecular complexity index is 2770. The molecule has 3 aliphatic rings. The second kappa shape index (κ2) is 15.4. The highest BCUT2D eigenvalue weighted by Crippen LogP contribution is 2.46. The van der Waals surface area contributed by atoms with Gasteiger partial charge in [-0.15, -0.1) is 0 Å². The maximum absolute atomic E-state index is 6.72. The minimum atomic E-state index is -1.67. The summed E-state index contributed by atoms with van der Waals surface area (Å²) in [5, 5.41) is 3.81. The third-order valence-electron chi connectivity index (χ3n) is 14.4. The number of nitrogens with zero attached hydrogens (tertiary/aromatic N) is 3. The predicted octanol–water partition coefficient (Wildman–Crippen LogP) is 13.1. The standard InChI is InChI=1S/C55H61N3OSi/c1-35(2)28-42-32-51-44-21-15-14-20-43(44)45-23-22-41-30-48-46-24-25-49(39-18-12-9-13-19-39)56-55(46)59-53(48)33-47(41)52-31-40(37(4)38-16-10-8-11-17-38)26-27-57(52)36(3)29-50(45)58(51)34-54(42)60(5,6)7/h9,12-15,18-21,24-27,30-35,37-38,45,50H,3,8,10-11,16-17,22-23,28-29H2,1-2,4-7H3/q+2. The first kappa shape index (κ1) is 39.0. The van der Waals surface area contributed by atoms with Gasteiger partial charge in [-0.25, -0.2) is 4.98 Å². The van der Waals surface area contributed by atoms with Crippen molar-refractivity contribution in [3.8, 4) is 33.8 Å². The van der Waals surface area contributed by atoms with E-state index in [1.54, 1.807) is 5.19 Å². The molecule has 0 spiro atoms. The molecule has 0 bridgehead atoms. The highest BCUT2D eigenvalue weighted by molar-refractivity contribution is 6.89. The fourth-order valence-electron chi connectivity index (χ4n) is 11.2. The number of furan rings is 1. The fourth-order valence-corrected chi connectivity index (χ4v) is 12.9. The van der Waals surface area contributed by atoms with Crippen molar-refractivity contribution in [3.05, 3.63) is 138 Å². The molecule has 0 amide bonds. The van der Waals surface area contributed by atoms with E-state index in [-0.39, 0.29) is 6.04 Å². The van der Waals surface area contributed by atoms with Crippen molar-refractivity contribution >= 4 is 41.0 Å². The summed E-state index contributed by atoms with van der Waals surface area (Å²) in [7, 11) is -1.67. The summed E-state index contributed by atoms with van der Waals surface area (Å²) >= 11 is 0. The zero-order valence-electron chi connectivity index (χ0n) is 36.6. The molecule has 4 aromatic heterocycles. The topological polar surface area (TPSA) is 33.8 Å². The molecule has 10 rings (SSSR count). The summed E-state index contributed by atoms with van der Waals surface area (Å²) in [5.41, 5.74) is 15.8. The molecule has 7 aromatic rings. The second-order valence-corrected chi connectivity index (χ2v) is 24.9. The summed E-state index contributed by atoms with van der Waals surface area (Å²) in [6.07, 6.45) is 15.7. The van der Waals surface area contributed by atoms with Gasteiger partial charge in [0.05, 0.1) is 25.8 Å². The average molecular weight is 808 g/mol. The van der Waals surface area contributed by atoms with E-state index in [1.165, 1.54) is 76.9 Å². The van der Waals surface area contributed by atoms with Crippen molar-refractivity contribution in [3.63, 3.8) is 0 Å². The van der Waals surface area contributed by atoms with Gasteiger partial charge in [0.1, 0.15) is 5.58 Å². The quantitative estimate of drug-likeness (QED) is 0.124. The van der Waals surface area contributed by atoms with Crippen LogP contribution < -0.4 is 14.3 Å². The molecule has 3 aromatic carbocycles. The third-order valence-corrected chi connectivity index (χ3v) is 16.4. The van der Waals surface area contributed by atoms with E-state index in [4.69, 9.17) is 16.0 Å². The van der Waals surface area contributed by atoms with E-state index in [2.05, 4.69) is 159 Å². The second-order valence-electron chi connectivity index (χ2n) is 19.8. The molecule has 0 saturated heterocycles. The number of allylic oxidation sites excluding steroid dienone is 1. The van der Waals surface area contributed by atoms with Crippen molar-refractivity contribution in [2.24, 2.45) is 11.8 Å². The van der Waals surface area contributed by atoms with Crippen LogP contribution in [0.25, 0.3) is 61.5 Å². The Labute approximate surface area is 358 Å². The van der Waals surface area contributed by atoms with Crippen LogP contribution in [0, 0.1) is 11.8 Å². The molecule has 4 nitrogen and oxygen atoms in total. The van der Waals surface area contributed by atoms with E-state index in [0.717, 1.165) is 64.9 Å². The van der Waals surface area contributed by atoms with Gasteiger partial charge in [-0.1, -0.05) is 108 Å². The van der Waals surface area contributed by atoms with Gasteiger partial charge in [-0.2, -0.15) is 9.13 Å². The predicted molar refractivity (Wildman–Crippen MR) is 251 cm³/mol. The highest BCUT2D eigenvalue weighted by Gasteiger charge is 2.44. The molecule has 3 unspecified atom stereocenters. The van der Waals surface area contributed by atoms with E-state index >= 15 is 0 Å². The van der Waals surface area contributed by atoms with Gasteiger partial charge in [-0.05, 0) is 109 Å². The number of hydrogen-bond acceptors (Lipinski definition) is 2. The Morgan fingerprint density at radius 1 is 0.800 bits per heavy atom. The first-order chi connectivity index (χ1) is 29.0. The number of aryl methyl sites for hydroxylation is 1. The molecule has 1 aliphatic carbocycles. The lowest BCUT2D eigenvalue weighted by Crippen LogP contribution is -2.54. The van der Waals surface area contributed by atoms with Crippen molar-refractivity contribution in [2.75, 3.05) is 0 Å². The smallest absolute Gasteiger partial charge is 0.227 e. The van der Waals surface area contributed by atoms with Crippen LogP contribution in [0.4, 0.5) is 0 Å². The Kier molecular flexibility index (Phi) is 10.0. The van der Waals surface area contributed by atoms with Gasteiger partial charge in [0.25, 0.3) is 0 Å². The number of rotatable bonds is 6. The van der Waals surface area contributed by atoms with Gasteiger partial charge >= 0.3 is 0 Å². The Morgan fingerprint density at radius 2 is 1.58 bits per heavy atom. The zero-order chi connectivity index (χ0) is 41.3. The normalized spacial score (nSPS) is 18.8. The molecule has 3 atom stereocenters. The van der Waals surface area contributed by atoms with Crippen LogP contribution in [0.5, 0.6) is 0 Å². The summed E-state index contributed by atoms with van der Waals surface area (Å²) in [4.78, 5) is 5.08.